The maximum atomic E-state index is 9.62. The standard InChI is InChI=1S/C10H13NO/c11-9-5-6-10(12)8-4-2-1-3-7(8)9/h1-4,9-10,12H,5-6,11H2. The molecular formula is C10H13NO. The zero-order valence-electron chi connectivity index (χ0n) is 6.90. The predicted octanol–water partition coefficient (Wildman–Crippen LogP) is 1.51. The van der Waals surface area contributed by atoms with Crippen molar-refractivity contribution in [3.05, 3.63) is 35.4 Å². The van der Waals surface area contributed by atoms with Crippen molar-refractivity contribution in [1.29, 1.82) is 0 Å². The highest BCUT2D eigenvalue weighted by Gasteiger charge is 2.22. The van der Waals surface area contributed by atoms with Gasteiger partial charge in [-0.25, -0.2) is 0 Å². The van der Waals surface area contributed by atoms with Crippen LogP contribution in [0.4, 0.5) is 0 Å². The van der Waals surface area contributed by atoms with Gasteiger partial charge in [0.25, 0.3) is 0 Å². The van der Waals surface area contributed by atoms with E-state index in [1.807, 2.05) is 24.3 Å². The van der Waals surface area contributed by atoms with Crippen molar-refractivity contribution in [3.63, 3.8) is 0 Å². The van der Waals surface area contributed by atoms with E-state index in [-0.39, 0.29) is 12.1 Å². The SMILES string of the molecule is NC1CCC(O)c2ccccc21. The lowest BCUT2D eigenvalue weighted by molar-refractivity contribution is 0.151. The number of hydrogen-bond donors (Lipinski definition) is 2. The third kappa shape index (κ3) is 1.13. The molecule has 1 aliphatic rings. The van der Waals surface area contributed by atoms with Crippen LogP contribution in [0.3, 0.4) is 0 Å². The summed E-state index contributed by atoms with van der Waals surface area (Å²) >= 11 is 0. The molecule has 0 bridgehead atoms. The number of aliphatic hydroxyl groups is 1. The molecule has 0 saturated carbocycles. The molecule has 12 heavy (non-hydrogen) atoms. The molecule has 2 atom stereocenters. The van der Waals surface area contributed by atoms with Gasteiger partial charge in [-0.2, -0.15) is 0 Å². The van der Waals surface area contributed by atoms with Gasteiger partial charge in [0.1, 0.15) is 0 Å². The highest BCUT2D eigenvalue weighted by Crippen LogP contribution is 2.33. The molecule has 2 unspecified atom stereocenters. The molecule has 2 nitrogen and oxygen atoms in total. The van der Waals surface area contributed by atoms with Gasteiger partial charge in [-0.15, -0.1) is 0 Å². The van der Waals surface area contributed by atoms with Crippen molar-refractivity contribution in [3.8, 4) is 0 Å². The molecule has 3 N–H and O–H groups in total. The second-order valence-electron chi connectivity index (χ2n) is 3.33. The van der Waals surface area contributed by atoms with Crippen LogP contribution in [0.5, 0.6) is 0 Å². The first-order valence-electron chi connectivity index (χ1n) is 4.31. The van der Waals surface area contributed by atoms with Gasteiger partial charge in [-0.05, 0) is 24.0 Å². The number of nitrogens with two attached hydrogens (primary N) is 1. The van der Waals surface area contributed by atoms with E-state index in [0.29, 0.717) is 0 Å². The van der Waals surface area contributed by atoms with E-state index in [9.17, 15) is 5.11 Å². The van der Waals surface area contributed by atoms with E-state index in [0.717, 1.165) is 24.0 Å². The van der Waals surface area contributed by atoms with E-state index >= 15 is 0 Å². The minimum atomic E-state index is -0.305. The number of rotatable bonds is 0. The maximum absolute atomic E-state index is 9.62. The van der Waals surface area contributed by atoms with Gasteiger partial charge in [0.2, 0.25) is 0 Å². The first-order valence-corrected chi connectivity index (χ1v) is 4.31. The van der Waals surface area contributed by atoms with Crippen LogP contribution in [-0.2, 0) is 0 Å². The molecule has 2 rings (SSSR count). The second-order valence-corrected chi connectivity index (χ2v) is 3.33. The average molecular weight is 163 g/mol. The molecule has 1 aliphatic carbocycles. The molecule has 0 spiro atoms. The van der Waals surface area contributed by atoms with Crippen molar-refractivity contribution in [1.82, 2.24) is 0 Å². The highest BCUT2D eigenvalue weighted by molar-refractivity contribution is 5.33. The quantitative estimate of drug-likeness (QED) is 0.609. The summed E-state index contributed by atoms with van der Waals surface area (Å²) in [7, 11) is 0. The third-order valence-electron chi connectivity index (χ3n) is 2.51. The smallest absolute Gasteiger partial charge is 0.0794 e. The summed E-state index contributed by atoms with van der Waals surface area (Å²) in [6, 6.07) is 7.99. The normalized spacial score (nSPS) is 28.2. The van der Waals surface area contributed by atoms with Gasteiger partial charge >= 0.3 is 0 Å². The number of hydrogen-bond acceptors (Lipinski definition) is 2. The number of benzene rings is 1. The summed E-state index contributed by atoms with van der Waals surface area (Å²) in [6.45, 7) is 0. The Bertz CT molecular complexity index is 256. The monoisotopic (exact) mass is 163 g/mol. The van der Waals surface area contributed by atoms with Crippen molar-refractivity contribution in [2.24, 2.45) is 5.73 Å². The molecule has 2 heteroatoms. The van der Waals surface area contributed by atoms with Crippen LogP contribution >= 0.6 is 0 Å². The zero-order valence-corrected chi connectivity index (χ0v) is 6.90. The Morgan fingerprint density at radius 3 is 2.50 bits per heavy atom. The average Bonchev–Trinajstić information content (AvgIpc) is 2.12. The largest absolute Gasteiger partial charge is 0.388 e. The highest BCUT2D eigenvalue weighted by atomic mass is 16.3. The Morgan fingerprint density at radius 1 is 1.17 bits per heavy atom. The molecule has 0 fully saturated rings. The first kappa shape index (κ1) is 7.77. The molecular weight excluding hydrogens is 150 g/mol. The van der Waals surface area contributed by atoms with E-state index in [2.05, 4.69) is 0 Å². The van der Waals surface area contributed by atoms with Gasteiger partial charge in [0, 0.05) is 6.04 Å². The summed E-state index contributed by atoms with van der Waals surface area (Å²) in [6.07, 6.45) is 1.37. The van der Waals surface area contributed by atoms with Crippen molar-refractivity contribution < 1.29 is 5.11 Å². The summed E-state index contributed by atoms with van der Waals surface area (Å²) in [4.78, 5) is 0. The van der Waals surface area contributed by atoms with Gasteiger partial charge < -0.3 is 10.8 Å². The fourth-order valence-corrected chi connectivity index (χ4v) is 1.80. The summed E-state index contributed by atoms with van der Waals surface area (Å²) in [5.74, 6) is 0. The molecule has 1 aromatic rings. The third-order valence-corrected chi connectivity index (χ3v) is 2.51. The molecule has 0 radical (unpaired) electrons. The lowest BCUT2D eigenvalue weighted by Crippen LogP contribution is -2.20. The number of fused-ring (bicyclic) bond motifs is 1. The topological polar surface area (TPSA) is 46.2 Å². The lowest BCUT2D eigenvalue weighted by atomic mass is 9.86. The van der Waals surface area contributed by atoms with Crippen LogP contribution in [0, 0.1) is 0 Å². The van der Waals surface area contributed by atoms with Crippen LogP contribution in [0.2, 0.25) is 0 Å². The van der Waals surface area contributed by atoms with Crippen LogP contribution in [0.15, 0.2) is 24.3 Å². The Kier molecular flexibility index (Phi) is 1.87. The van der Waals surface area contributed by atoms with Gasteiger partial charge in [-0.1, -0.05) is 24.3 Å². The van der Waals surface area contributed by atoms with Crippen LogP contribution < -0.4 is 5.73 Å². The van der Waals surface area contributed by atoms with Gasteiger partial charge in [-0.3, -0.25) is 0 Å². The minimum absolute atomic E-state index is 0.115. The zero-order chi connectivity index (χ0) is 8.55. The van der Waals surface area contributed by atoms with E-state index in [1.54, 1.807) is 0 Å². The first-order chi connectivity index (χ1) is 5.79. The predicted molar refractivity (Wildman–Crippen MR) is 47.6 cm³/mol. The van der Waals surface area contributed by atoms with Crippen molar-refractivity contribution in [2.45, 2.75) is 25.0 Å². The minimum Gasteiger partial charge on any atom is -0.388 e. The molecule has 0 aliphatic heterocycles. The summed E-state index contributed by atoms with van der Waals surface area (Å²) < 4.78 is 0. The van der Waals surface area contributed by atoms with Crippen LogP contribution in [0.1, 0.15) is 36.1 Å². The Labute approximate surface area is 72.0 Å². The Morgan fingerprint density at radius 2 is 1.83 bits per heavy atom. The molecule has 0 aromatic heterocycles. The lowest BCUT2D eigenvalue weighted by Gasteiger charge is -2.25. The van der Waals surface area contributed by atoms with Gasteiger partial charge in [0.05, 0.1) is 6.10 Å². The Balaban J connectivity index is 2.47. The van der Waals surface area contributed by atoms with E-state index in [4.69, 9.17) is 5.73 Å². The van der Waals surface area contributed by atoms with Crippen LogP contribution in [-0.4, -0.2) is 5.11 Å². The Hall–Kier alpha value is -0.860. The molecule has 0 saturated heterocycles. The molecule has 0 amide bonds. The van der Waals surface area contributed by atoms with E-state index < -0.39 is 0 Å². The van der Waals surface area contributed by atoms with Crippen molar-refractivity contribution >= 4 is 0 Å². The summed E-state index contributed by atoms with van der Waals surface area (Å²) in [5.41, 5.74) is 8.02. The van der Waals surface area contributed by atoms with E-state index in [1.165, 1.54) is 0 Å². The fourth-order valence-electron chi connectivity index (χ4n) is 1.80. The molecule has 0 heterocycles. The molecule has 1 aromatic carbocycles. The van der Waals surface area contributed by atoms with Crippen LogP contribution in [0.25, 0.3) is 0 Å². The maximum Gasteiger partial charge on any atom is 0.0794 e. The molecule has 64 valence electrons. The second kappa shape index (κ2) is 2.88. The number of aliphatic hydroxyl groups excluding tert-OH is 1. The fraction of sp³-hybridized carbons (Fsp3) is 0.400. The van der Waals surface area contributed by atoms with Gasteiger partial charge in [0.15, 0.2) is 0 Å². The van der Waals surface area contributed by atoms with Crippen molar-refractivity contribution in [2.75, 3.05) is 0 Å². The summed E-state index contributed by atoms with van der Waals surface area (Å²) in [5, 5.41) is 9.62.